The zero-order valence-corrected chi connectivity index (χ0v) is 22.6. The van der Waals surface area contributed by atoms with Crippen molar-refractivity contribution in [3.05, 3.63) is 29.3 Å². The number of hydrogen-bond acceptors (Lipinski definition) is 8. The molecule has 1 amide bonds. The fourth-order valence-electron chi connectivity index (χ4n) is 6.42. The predicted octanol–water partition coefficient (Wildman–Crippen LogP) is 3.47. The Labute approximate surface area is 219 Å². The number of para-hydroxylation sites is 1. The van der Waals surface area contributed by atoms with Crippen LogP contribution in [0.2, 0.25) is 0 Å². The molecule has 5 atom stereocenters. The Balaban J connectivity index is 1.56. The summed E-state index contributed by atoms with van der Waals surface area (Å²) in [5, 5.41) is 3.11. The molecule has 0 radical (unpaired) electrons. The maximum absolute atomic E-state index is 12.7. The Morgan fingerprint density at radius 3 is 2.59 bits per heavy atom. The lowest BCUT2D eigenvalue weighted by molar-refractivity contribution is -0.199. The molecule has 1 aromatic rings. The highest BCUT2D eigenvalue weighted by atomic mass is 16.7. The van der Waals surface area contributed by atoms with Gasteiger partial charge in [0.2, 0.25) is 12.7 Å². The minimum absolute atomic E-state index is 0.0238. The standard InChI is InChI=1S/C27H38BNO8/c1-7-9-23(31)29-22(28-36-21-14-18-13-20(26(18,3)4)27(21,5)37-28)12-17-10-8-11-19(24(17)33-6)25(32)35-15-34-16(2)30/h8,10-11,18,20-22H,7,9,12-15H2,1-6H3,(H,29,31). The third kappa shape index (κ3) is 5.23. The minimum Gasteiger partial charge on any atom is -0.496 e. The van der Waals surface area contributed by atoms with Crippen molar-refractivity contribution in [2.75, 3.05) is 13.9 Å². The quantitative estimate of drug-likeness (QED) is 0.287. The van der Waals surface area contributed by atoms with Crippen molar-refractivity contribution in [2.45, 2.75) is 84.4 Å². The van der Waals surface area contributed by atoms with Gasteiger partial charge in [0.15, 0.2) is 0 Å². The number of esters is 2. The van der Waals surface area contributed by atoms with Gasteiger partial charge in [-0.15, -0.1) is 0 Å². The second kappa shape index (κ2) is 10.7. The summed E-state index contributed by atoms with van der Waals surface area (Å²) in [5.74, 6) is -0.462. The number of rotatable bonds is 10. The molecule has 9 nitrogen and oxygen atoms in total. The van der Waals surface area contributed by atoms with Gasteiger partial charge < -0.3 is 28.8 Å². The second-order valence-corrected chi connectivity index (χ2v) is 11.1. The molecule has 1 aromatic carbocycles. The van der Waals surface area contributed by atoms with Crippen LogP contribution in [0.5, 0.6) is 5.75 Å². The lowest BCUT2D eigenvalue weighted by Crippen LogP contribution is -2.65. The molecule has 5 unspecified atom stereocenters. The highest BCUT2D eigenvalue weighted by Gasteiger charge is 2.68. The molecule has 4 aliphatic rings. The molecular formula is C27H38BNO8. The highest BCUT2D eigenvalue weighted by Crippen LogP contribution is 2.65. The van der Waals surface area contributed by atoms with Crippen LogP contribution in [0.25, 0.3) is 0 Å². The SMILES string of the molecule is CCCC(=O)NC(Cc1cccc(C(=O)OCOC(C)=O)c1OC)B1OC2CC3CC(C3(C)C)C2(C)O1. The molecule has 10 heteroatoms. The van der Waals surface area contributed by atoms with Crippen LogP contribution in [0.4, 0.5) is 0 Å². The minimum atomic E-state index is -0.680. The predicted molar refractivity (Wildman–Crippen MR) is 136 cm³/mol. The second-order valence-electron chi connectivity index (χ2n) is 11.1. The average Bonchev–Trinajstić information content (AvgIpc) is 3.20. The number of nitrogens with one attached hydrogen (secondary N) is 1. The van der Waals surface area contributed by atoms with E-state index in [1.165, 1.54) is 14.0 Å². The fourth-order valence-corrected chi connectivity index (χ4v) is 6.42. The van der Waals surface area contributed by atoms with Gasteiger partial charge in [0.05, 0.1) is 24.8 Å². The molecule has 1 aliphatic heterocycles. The molecular weight excluding hydrogens is 477 g/mol. The Morgan fingerprint density at radius 1 is 1.19 bits per heavy atom. The van der Waals surface area contributed by atoms with Crippen molar-refractivity contribution in [1.29, 1.82) is 0 Å². The number of benzene rings is 1. The number of carbonyl (C=O) groups is 3. The summed E-state index contributed by atoms with van der Waals surface area (Å²) in [6, 6.07) is 5.14. The zero-order chi connectivity index (χ0) is 27.0. The molecule has 5 rings (SSSR count). The highest BCUT2D eigenvalue weighted by molar-refractivity contribution is 6.48. The third-order valence-electron chi connectivity index (χ3n) is 8.53. The fraction of sp³-hybridized carbons (Fsp3) is 0.667. The lowest BCUT2D eigenvalue weighted by atomic mass is 9.43. The molecule has 1 heterocycles. The Morgan fingerprint density at radius 2 is 1.95 bits per heavy atom. The van der Waals surface area contributed by atoms with E-state index in [0.29, 0.717) is 36.0 Å². The summed E-state index contributed by atoms with van der Waals surface area (Å²) in [6.07, 6.45) is 3.49. The molecule has 3 saturated carbocycles. The van der Waals surface area contributed by atoms with Crippen LogP contribution in [0.3, 0.4) is 0 Å². The lowest BCUT2D eigenvalue weighted by Gasteiger charge is -2.64. The number of hydrogen-bond donors (Lipinski definition) is 1. The van der Waals surface area contributed by atoms with Gasteiger partial charge in [-0.25, -0.2) is 4.79 Å². The van der Waals surface area contributed by atoms with Crippen LogP contribution in [-0.2, 0) is 34.8 Å². The van der Waals surface area contributed by atoms with E-state index in [1.54, 1.807) is 12.1 Å². The smallest absolute Gasteiger partial charge is 0.482 e. The van der Waals surface area contributed by atoms with Crippen molar-refractivity contribution < 1.29 is 37.9 Å². The van der Waals surface area contributed by atoms with Crippen LogP contribution in [0.15, 0.2) is 18.2 Å². The summed E-state index contributed by atoms with van der Waals surface area (Å²) in [6.45, 7) is 9.46. The van der Waals surface area contributed by atoms with Crippen LogP contribution >= 0.6 is 0 Å². The molecule has 202 valence electrons. The van der Waals surface area contributed by atoms with E-state index < -0.39 is 37.4 Å². The first-order valence-electron chi connectivity index (χ1n) is 13.1. The van der Waals surface area contributed by atoms with E-state index >= 15 is 0 Å². The summed E-state index contributed by atoms with van der Waals surface area (Å²) < 4.78 is 28.5. The third-order valence-corrected chi connectivity index (χ3v) is 8.53. The zero-order valence-electron chi connectivity index (χ0n) is 22.6. The van der Waals surface area contributed by atoms with E-state index in [-0.39, 0.29) is 23.0 Å². The molecule has 37 heavy (non-hydrogen) atoms. The van der Waals surface area contributed by atoms with Gasteiger partial charge in [-0.1, -0.05) is 32.9 Å². The molecule has 3 aliphatic carbocycles. The maximum atomic E-state index is 12.7. The van der Waals surface area contributed by atoms with E-state index in [1.807, 2.05) is 13.0 Å². The van der Waals surface area contributed by atoms with Crippen molar-refractivity contribution in [3.8, 4) is 5.75 Å². The van der Waals surface area contributed by atoms with Crippen molar-refractivity contribution in [2.24, 2.45) is 17.3 Å². The van der Waals surface area contributed by atoms with Crippen LogP contribution in [0.1, 0.15) is 76.2 Å². The maximum Gasteiger partial charge on any atom is 0.482 e. The first kappa shape index (κ1) is 27.4. The van der Waals surface area contributed by atoms with Gasteiger partial charge in [-0.05, 0) is 61.5 Å². The van der Waals surface area contributed by atoms with Crippen LogP contribution in [0, 0.1) is 17.3 Å². The van der Waals surface area contributed by atoms with Gasteiger partial charge in [-0.2, -0.15) is 0 Å². The molecule has 1 saturated heterocycles. The summed E-state index contributed by atoms with van der Waals surface area (Å²) >= 11 is 0. The van der Waals surface area contributed by atoms with E-state index in [2.05, 4.69) is 26.1 Å². The summed E-state index contributed by atoms with van der Waals surface area (Å²) in [4.78, 5) is 36.4. The van der Waals surface area contributed by atoms with Gasteiger partial charge >= 0.3 is 19.1 Å². The molecule has 0 spiro atoms. The normalized spacial score (nSPS) is 27.9. The Kier molecular flexibility index (Phi) is 7.90. The van der Waals surface area contributed by atoms with Crippen LogP contribution < -0.4 is 10.1 Å². The van der Waals surface area contributed by atoms with E-state index in [9.17, 15) is 14.4 Å². The topological polar surface area (TPSA) is 109 Å². The monoisotopic (exact) mass is 515 g/mol. The summed E-state index contributed by atoms with van der Waals surface area (Å²) in [5.41, 5.74) is 0.683. The van der Waals surface area contributed by atoms with Crippen molar-refractivity contribution >= 4 is 25.0 Å². The number of methoxy groups -OCH3 is 1. The first-order chi connectivity index (χ1) is 17.5. The molecule has 4 fully saturated rings. The molecule has 2 bridgehead atoms. The van der Waals surface area contributed by atoms with Gasteiger partial charge in [0.25, 0.3) is 0 Å². The van der Waals surface area contributed by atoms with Crippen molar-refractivity contribution in [3.63, 3.8) is 0 Å². The molecule has 0 aromatic heterocycles. The van der Waals surface area contributed by atoms with E-state index in [0.717, 1.165) is 19.3 Å². The number of carbonyl (C=O) groups excluding carboxylic acids is 3. The van der Waals surface area contributed by atoms with E-state index in [4.69, 9.17) is 23.5 Å². The van der Waals surface area contributed by atoms with Gasteiger partial charge in [0, 0.05) is 13.3 Å². The van der Waals surface area contributed by atoms with Gasteiger partial charge in [0.1, 0.15) is 11.3 Å². The summed E-state index contributed by atoms with van der Waals surface area (Å²) in [7, 11) is 0.843. The van der Waals surface area contributed by atoms with Crippen LogP contribution in [-0.4, -0.2) is 56.5 Å². The molecule has 1 N–H and O–H groups in total. The Bertz CT molecular complexity index is 1050. The first-order valence-corrected chi connectivity index (χ1v) is 13.1. The number of amides is 1. The number of ether oxygens (including phenoxy) is 3. The van der Waals surface area contributed by atoms with Gasteiger partial charge in [-0.3, -0.25) is 9.59 Å². The Hall–Kier alpha value is -2.59. The average molecular weight is 515 g/mol. The van der Waals surface area contributed by atoms with Crippen molar-refractivity contribution in [1.82, 2.24) is 5.32 Å². The largest absolute Gasteiger partial charge is 0.496 e.